The van der Waals surface area contributed by atoms with Crippen LogP contribution in [0.4, 0.5) is 13.2 Å². The minimum Gasteiger partial charge on any atom is -0.405 e. The number of H-pyrrole nitrogens is 1. The van der Waals surface area contributed by atoms with Crippen molar-refractivity contribution in [1.29, 1.82) is 0 Å². The van der Waals surface area contributed by atoms with Crippen LogP contribution >= 0.6 is 11.8 Å². The molecule has 3 aromatic rings. The summed E-state index contributed by atoms with van der Waals surface area (Å²) < 4.78 is 58.3. The van der Waals surface area contributed by atoms with Gasteiger partial charge < -0.3 is 19.2 Å². The van der Waals surface area contributed by atoms with Crippen molar-refractivity contribution < 1.29 is 31.9 Å². The van der Waals surface area contributed by atoms with Crippen LogP contribution in [-0.4, -0.2) is 61.0 Å². The Kier molecular flexibility index (Phi) is 11.5. The van der Waals surface area contributed by atoms with Gasteiger partial charge in [0.1, 0.15) is 12.3 Å². The Morgan fingerprint density at radius 1 is 1.09 bits per heavy atom. The fraction of sp³-hybridized carbons (Fsp3) is 0.406. The molecule has 2 N–H and O–H groups in total. The number of allylic oxidation sites excluding steroid dienone is 1. The molecule has 4 rings (SSSR count). The van der Waals surface area contributed by atoms with E-state index in [-0.39, 0.29) is 30.1 Å². The molecule has 0 bridgehead atoms. The third-order valence-electron chi connectivity index (χ3n) is 7.74. The van der Waals surface area contributed by atoms with Gasteiger partial charge in [0.15, 0.2) is 0 Å². The molecule has 46 heavy (non-hydrogen) atoms. The Bertz CT molecular complexity index is 1570. The van der Waals surface area contributed by atoms with E-state index in [4.69, 9.17) is 13.9 Å². The highest BCUT2D eigenvalue weighted by Crippen LogP contribution is 2.38. The van der Waals surface area contributed by atoms with E-state index in [0.717, 1.165) is 16.6 Å². The van der Waals surface area contributed by atoms with Crippen LogP contribution < -0.4 is 26.9 Å². The number of alkyl halides is 3. The Balaban J connectivity index is 1.61. The van der Waals surface area contributed by atoms with Crippen LogP contribution in [-0.2, 0) is 25.1 Å². The number of carbonyl (C=O) groups is 1. The number of aromatic nitrogens is 2. The van der Waals surface area contributed by atoms with Crippen LogP contribution in [0.15, 0.2) is 88.7 Å². The van der Waals surface area contributed by atoms with Crippen LogP contribution in [0.1, 0.15) is 39.0 Å². The van der Waals surface area contributed by atoms with Gasteiger partial charge in [-0.2, -0.15) is 13.2 Å². The molecule has 9 nitrogen and oxygen atoms in total. The molecule has 248 valence electrons. The van der Waals surface area contributed by atoms with Crippen LogP contribution in [0, 0.1) is 0 Å². The van der Waals surface area contributed by atoms with Crippen LogP contribution in [0.3, 0.4) is 0 Å². The molecule has 0 unspecified atom stereocenters. The van der Waals surface area contributed by atoms with Gasteiger partial charge in [0, 0.05) is 24.4 Å². The summed E-state index contributed by atoms with van der Waals surface area (Å²) in [6.07, 6.45) is -1.48. The van der Waals surface area contributed by atoms with E-state index in [1.54, 1.807) is 5.32 Å². The van der Waals surface area contributed by atoms with Crippen molar-refractivity contribution in [3.05, 3.63) is 106 Å². The van der Waals surface area contributed by atoms with Crippen LogP contribution in [0.5, 0.6) is 0 Å². The minimum atomic E-state index is -5.04. The second-order valence-electron chi connectivity index (χ2n) is 11.8. The summed E-state index contributed by atoms with van der Waals surface area (Å²) in [6, 6.07) is 20.3. The maximum Gasteiger partial charge on any atom is 0.471 e. The van der Waals surface area contributed by atoms with E-state index in [2.05, 4.69) is 50.0 Å². The van der Waals surface area contributed by atoms with Gasteiger partial charge in [-0.3, -0.25) is 19.1 Å². The number of rotatable bonds is 12. The molecule has 1 aliphatic rings. The summed E-state index contributed by atoms with van der Waals surface area (Å²) in [5, 5.41) is 3.53. The Hall–Kier alpha value is -3.43. The molecule has 14 heteroatoms. The first kappa shape index (κ1) is 35.4. The first-order valence-electron chi connectivity index (χ1n) is 14.7. The number of nitrogens with zero attached hydrogens (tertiary/aromatic N) is 1. The van der Waals surface area contributed by atoms with Gasteiger partial charge in [0.05, 0.1) is 18.6 Å². The zero-order valence-corrected chi connectivity index (χ0v) is 27.8. The third-order valence-corrected chi connectivity index (χ3v) is 13.1. The van der Waals surface area contributed by atoms with Gasteiger partial charge in [-0.25, -0.2) is 4.79 Å². The summed E-state index contributed by atoms with van der Waals surface area (Å²) in [6.45, 7) is 6.69. The fourth-order valence-corrected chi connectivity index (χ4v) is 10.5. The lowest BCUT2D eigenvalue weighted by molar-refractivity contribution is -0.172. The Morgan fingerprint density at radius 2 is 1.70 bits per heavy atom. The van der Waals surface area contributed by atoms with Crippen molar-refractivity contribution in [3.63, 3.8) is 0 Å². The molecule has 1 aliphatic heterocycles. The molecule has 1 fully saturated rings. The number of amides is 1. The molecule has 0 aliphatic carbocycles. The van der Waals surface area contributed by atoms with Crippen molar-refractivity contribution in [2.24, 2.45) is 0 Å². The van der Waals surface area contributed by atoms with Crippen LogP contribution in [0.2, 0.25) is 5.04 Å². The molecular formula is C32H38F3N3O6SSi. The van der Waals surface area contributed by atoms with E-state index in [1.807, 2.05) is 42.7 Å². The second kappa shape index (κ2) is 15.0. The lowest BCUT2D eigenvalue weighted by atomic mass is 10.2. The number of ether oxygens (including phenoxy) is 2. The smallest absolute Gasteiger partial charge is 0.405 e. The maximum atomic E-state index is 12.9. The molecule has 1 aromatic heterocycles. The van der Waals surface area contributed by atoms with Gasteiger partial charge in [0.2, 0.25) is 0 Å². The largest absolute Gasteiger partial charge is 0.471 e. The SMILES string of the molecule is CSCO[C@H]1C[C@H](n2cc(CC=CNC(=O)C(F)(F)F)c(=O)[nH]c2=O)O[C@@H]1CO[Si](c1ccccc1)(c1ccccc1)C(C)(C)C. The lowest BCUT2D eigenvalue weighted by Gasteiger charge is -2.43. The average molecular weight is 678 g/mol. The minimum absolute atomic E-state index is 0.0919. The van der Waals surface area contributed by atoms with Crippen molar-refractivity contribution in [2.75, 3.05) is 18.8 Å². The predicted molar refractivity (Wildman–Crippen MR) is 174 cm³/mol. The van der Waals surface area contributed by atoms with E-state index < -0.39 is 50.1 Å². The van der Waals surface area contributed by atoms with Crippen LogP contribution in [0.25, 0.3) is 0 Å². The number of benzene rings is 2. The van der Waals surface area contributed by atoms with E-state index in [9.17, 15) is 27.6 Å². The molecule has 3 atom stereocenters. The highest BCUT2D eigenvalue weighted by molar-refractivity contribution is 7.98. The molecule has 0 radical (unpaired) electrons. The second-order valence-corrected chi connectivity index (χ2v) is 17.0. The number of carbonyl (C=O) groups excluding carboxylic acids is 1. The highest BCUT2D eigenvalue weighted by atomic mass is 32.2. The molecule has 1 amide bonds. The highest BCUT2D eigenvalue weighted by Gasteiger charge is 2.51. The van der Waals surface area contributed by atoms with Crippen molar-refractivity contribution in [1.82, 2.24) is 14.9 Å². The number of hydrogen-bond acceptors (Lipinski definition) is 7. The summed E-state index contributed by atoms with van der Waals surface area (Å²) in [7, 11) is -2.91. The first-order chi connectivity index (χ1) is 21.8. The monoisotopic (exact) mass is 677 g/mol. The normalized spacial score (nSPS) is 19.1. The molecule has 0 saturated carbocycles. The average Bonchev–Trinajstić information content (AvgIpc) is 3.41. The zero-order chi connectivity index (χ0) is 33.5. The molecule has 1 saturated heterocycles. The van der Waals surface area contributed by atoms with Crippen molar-refractivity contribution >= 4 is 36.4 Å². The topological polar surface area (TPSA) is 112 Å². The van der Waals surface area contributed by atoms with Gasteiger partial charge in [-0.1, -0.05) is 87.5 Å². The number of hydrogen-bond donors (Lipinski definition) is 2. The number of nitrogens with one attached hydrogen (secondary N) is 2. The van der Waals surface area contributed by atoms with Gasteiger partial charge in [-0.05, 0) is 28.1 Å². The van der Waals surface area contributed by atoms with Crippen molar-refractivity contribution in [3.8, 4) is 0 Å². The Morgan fingerprint density at radius 3 is 2.24 bits per heavy atom. The molecular weight excluding hydrogens is 640 g/mol. The molecule has 0 spiro atoms. The summed E-state index contributed by atoms with van der Waals surface area (Å²) >= 11 is 1.50. The van der Waals surface area contributed by atoms with E-state index >= 15 is 0 Å². The lowest BCUT2D eigenvalue weighted by Crippen LogP contribution is -2.67. The number of thioether (sulfide) groups is 1. The van der Waals surface area contributed by atoms with E-state index in [1.165, 1.54) is 28.6 Å². The predicted octanol–water partition coefficient (Wildman–Crippen LogP) is 3.84. The maximum absolute atomic E-state index is 12.9. The standard InChI is InChI=1S/C32H38F3N3O6SSi/c1-31(2,3)46(23-13-7-5-8-14-23,24-15-9-6-10-16-24)43-20-26-25(42-21-45-4)18-27(44-26)38-19-22(28(39)37-30(38)41)12-11-17-36-29(40)32(33,34)35/h5-11,13-17,19,25-27H,12,18,20-21H2,1-4H3,(H,36,40)(H,37,39,41)/t25-,26+,27+/m0/s1. The summed E-state index contributed by atoms with van der Waals surface area (Å²) in [4.78, 5) is 38.7. The molecule has 2 heterocycles. The zero-order valence-electron chi connectivity index (χ0n) is 26.0. The first-order valence-corrected chi connectivity index (χ1v) is 18.0. The van der Waals surface area contributed by atoms with Gasteiger partial charge >= 0.3 is 17.8 Å². The fourth-order valence-electron chi connectivity index (χ4n) is 5.61. The van der Waals surface area contributed by atoms with E-state index in [0.29, 0.717) is 5.94 Å². The Labute approximate surface area is 270 Å². The number of halogens is 3. The van der Waals surface area contributed by atoms with Gasteiger partial charge in [0.25, 0.3) is 13.9 Å². The van der Waals surface area contributed by atoms with Gasteiger partial charge in [-0.15, -0.1) is 11.8 Å². The summed E-state index contributed by atoms with van der Waals surface area (Å²) in [5.74, 6) is -1.75. The third kappa shape index (κ3) is 8.10. The summed E-state index contributed by atoms with van der Waals surface area (Å²) in [5.41, 5.74) is -1.31. The quantitative estimate of drug-likeness (QED) is 0.222. The van der Waals surface area contributed by atoms with Crippen molar-refractivity contribution in [2.45, 2.75) is 63.3 Å². The number of aromatic amines is 1. The molecule has 2 aromatic carbocycles.